The van der Waals surface area contributed by atoms with Gasteiger partial charge >= 0.3 is 6.18 Å². The number of Topliss-reactive ketones (excluding diaryl/α,β-unsaturated/α-hetero) is 1. The van der Waals surface area contributed by atoms with E-state index in [2.05, 4.69) is 4.98 Å². The zero-order valence-corrected chi connectivity index (χ0v) is 13.0. The molecule has 0 saturated heterocycles. The molecule has 0 amide bonds. The number of halogens is 5. The van der Waals surface area contributed by atoms with Gasteiger partial charge in [0, 0.05) is 13.2 Å². The number of hydrogen-bond donors (Lipinski definition) is 0. The molecule has 0 radical (unpaired) electrons. The highest BCUT2D eigenvalue weighted by Crippen LogP contribution is 2.31. The van der Waals surface area contributed by atoms with E-state index in [0.29, 0.717) is 6.20 Å². The Kier molecular flexibility index (Phi) is 4.68. The largest absolute Gasteiger partial charge is 0.417 e. The summed E-state index contributed by atoms with van der Waals surface area (Å²) >= 11 is 11.7. The Morgan fingerprint density at radius 2 is 2.04 bits per heavy atom. The van der Waals surface area contributed by atoms with E-state index in [1.54, 1.807) is 6.07 Å². The number of hydrogen-bond acceptors (Lipinski definition) is 3. The molecule has 0 spiro atoms. The maximum atomic E-state index is 12.5. The Balaban J connectivity index is 2.38. The molecule has 0 unspecified atom stereocenters. The van der Waals surface area contributed by atoms with E-state index in [1.807, 2.05) is 0 Å². The lowest BCUT2D eigenvalue weighted by Gasteiger charge is -2.10. The van der Waals surface area contributed by atoms with E-state index in [9.17, 15) is 23.2 Å². The van der Waals surface area contributed by atoms with Gasteiger partial charge in [0.1, 0.15) is 5.15 Å². The van der Waals surface area contributed by atoms with E-state index in [-0.39, 0.29) is 21.6 Å². The molecule has 0 saturated carbocycles. The molecule has 120 valence electrons. The second-order valence-electron chi connectivity index (χ2n) is 4.62. The summed E-state index contributed by atoms with van der Waals surface area (Å²) in [6, 6.07) is 4.80. The van der Waals surface area contributed by atoms with Gasteiger partial charge < -0.3 is 4.57 Å². The lowest BCUT2D eigenvalue weighted by atomic mass is 9.98. The Bertz CT molecular complexity index is 791. The lowest BCUT2D eigenvalue weighted by molar-refractivity contribution is -0.137. The van der Waals surface area contributed by atoms with Crippen molar-refractivity contribution in [3.05, 3.63) is 51.5 Å². The molecule has 0 aliphatic carbocycles. The molecular formula is C14H8Cl2F3N3O. The second kappa shape index (κ2) is 6.22. The fraction of sp³-hybridized carbons (Fsp3) is 0.214. The average Bonchev–Trinajstić information content (AvgIpc) is 2.75. The van der Waals surface area contributed by atoms with Crippen LogP contribution in [-0.2, 0) is 13.2 Å². The molecule has 1 atom stereocenters. The summed E-state index contributed by atoms with van der Waals surface area (Å²) in [6.45, 7) is 0. The molecule has 9 heteroatoms. The summed E-state index contributed by atoms with van der Waals surface area (Å²) in [6.07, 6.45) is -3.96. The van der Waals surface area contributed by atoms with Crippen LogP contribution in [0.2, 0.25) is 10.2 Å². The van der Waals surface area contributed by atoms with Crippen molar-refractivity contribution in [1.29, 1.82) is 5.26 Å². The van der Waals surface area contributed by atoms with Crippen molar-refractivity contribution in [2.45, 2.75) is 12.1 Å². The number of carbonyl (C=O) groups is 1. The molecule has 4 nitrogen and oxygen atoms in total. The van der Waals surface area contributed by atoms with Gasteiger partial charge in [0.2, 0.25) is 5.78 Å². The van der Waals surface area contributed by atoms with Gasteiger partial charge in [-0.25, -0.2) is 0 Å². The Morgan fingerprint density at radius 3 is 2.43 bits per heavy atom. The molecule has 0 aliphatic rings. The average molecular weight is 362 g/mol. The minimum Gasteiger partial charge on any atom is -0.331 e. The zero-order valence-electron chi connectivity index (χ0n) is 11.5. The number of pyridine rings is 1. The van der Waals surface area contributed by atoms with Gasteiger partial charge in [-0.15, -0.1) is 0 Å². The zero-order chi connectivity index (χ0) is 17.4. The van der Waals surface area contributed by atoms with Crippen LogP contribution in [-0.4, -0.2) is 15.3 Å². The van der Waals surface area contributed by atoms with Gasteiger partial charge in [0.15, 0.2) is 5.92 Å². The van der Waals surface area contributed by atoms with Crippen LogP contribution in [0.15, 0.2) is 24.4 Å². The fourth-order valence-corrected chi connectivity index (χ4v) is 2.31. The molecular weight excluding hydrogens is 354 g/mol. The standard InChI is InChI=1S/C14H8Cl2F3N3O/c1-22-11(4-9(15)13(22)16)12(23)8(5-20)10-3-2-7(6-21-10)14(17,18)19/h2-4,6,8H,1H3/t8-/m0/s1. The summed E-state index contributed by atoms with van der Waals surface area (Å²) in [5, 5.41) is 9.45. The predicted octanol–water partition coefficient (Wildman–Crippen LogP) is 4.24. The quantitative estimate of drug-likeness (QED) is 0.768. The number of alkyl halides is 3. The maximum absolute atomic E-state index is 12.5. The first kappa shape index (κ1) is 17.3. The summed E-state index contributed by atoms with van der Waals surface area (Å²) in [5.41, 5.74) is -0.984. The molecule has 2 aromatic rings. The number of nitriles is 1. The summed E-state index contributed by atoms with van der Waals surface area (Å²) in [5.74, 6) is -2.02. The van der Waals surface area contributed by atoms with Crippen molar-refractivity contribution in [1.82, 2.24) is 9.55 Å². The topological polar surface area (TPSA) is 58.7 Å². The SMILES string of the molecule is Cn1c(C(=O)[C@@H](C#N)c2ccc(C(F)(F)F)cn2)cc(Cl)c1Cl. The molecule has 0 fully saturated rings. The lowest BCUT2D eigenvalue weighted by Crippen LogP contribution is -2.16. The molecule has 0 aliphatic heterocycles. The normalized spacial score (nSPS) is 12.7. The van der Waals surface area contributed by atoms with Crippen LogP contribution >= 0.6 is 23.2 Å². The van der Waals surface area contributed by atoms with E-state index in [4.69, 9.17) is 23.2 Å². The number of ketones is 1. The van der Waals surface area contributed by atoms with Crippen molar-refractivity contribution in [3.8, 4) is 6.07 Å². The predicted molar refractivity (Wildman–Crippen MR) is 77.4 cm³/mol. The van der Waals surface area contributed by atoms with Crippen LogP contribution in [0, 0.1) is 11.3 Å². The summed E-state index contributed by atoms with van der Waals surface area (Å²) < 4.78 is 38.9. The number of aromatic nitrogens is 2. The van der Waals surface area contributed by atoms with Gasteiger partial charge in [0.25, 0.3) is 0 Å². The molecule has 0 bridgehead atoms. The highest BCUT2D eigenvalue weighted by Gasteiger charge is 2.32. The van der Waals surface area contributed by atoms with Crippen molar-refractivity contribution in [3.63, 3.8) is 0 Å². The van der Waals surface area contributed by atoms with E-state index in [1.165, 1.54) is 17.7 Å². The van der Waals surface area contributed by atoms with E-state index < -0.39 is 23.4 Å². The number of rotatable bonds is 3. The van der Waals surface area contributed by atoms with Crippen molar-refractivity contribution in [2.24, 2.45) is 7.05 Å². The minimum atomic E-state index is -4.54. The van der Waals surface area contributed by atoms with Gasteiger partial charge in [-0.1, -0.05) is 23.2 Å². The van der Waals surface area contributed by atoms with Crippen LogP contribution in [0.25, 0.3) is 0 Å². The number of nitrogens with zero attached hydrogens (tertiary/aromatic N) is 3. The minimum absolute atomic E-state index is 0.0632. The Hall–Kier alpha value is -2.04. The van der Waals surface area contributed by atoms with Crippen LogP contribution < -0.4 is 0 Å². The highest BCUT2D eigenvalue weighted by molar-refractivity contribution is 6.42. The first-order chi connectivity index (χ1) is 10.7. The van der Waals surface area contributed by atoms with Crippen molar-refractivity contribution >= 4 is 29.0 Å². The second-order valence-corrected chi connectivity index (χ2v) is 5.39. The smallest absolute Gasteiger partial charge is 0.331 e. The van der Waals surface area contributed by atoms with Crippen LogP contribution in [0.5, 0.6) is 0 Å². The van der Waals surface area contributed by atoms with Crippen LogP contribution in [0.4, 0.5) is 13.2 Å². The summed E-state index contributed by atoms with van der Waals surface area (Å²) in [4.78, 5) is 16.0. The highest BCUT2D eigenvalue weighted by atomic mass is 35.5. The van der Waals surface area contributed by atoms with Crippen LogP contribution in [0.3, 0.4) is 0 Å². The molecule has 2 aromatic heterocycles. The third-order valence-corrected chi connectivity index (χ3v) is 4.01. The van der Waals surface area contributed by atoms with Gasteiger partial charge in [-0.2, -0.15) is 18.4 Å². The monoisotopic (exact) mass is 361 g/mol. The van der Waals surface area contributed by atoms with Gasteiger partial charge in [0.05, 0.1) is 28.0 Å². The molecule has 0 aromatic carbocycles. The first-order valence-electron chi connectivity index (χ1n) is 6.14. The number of carbonyl (C=O) groups excluding carboxylic acids is 1. The summed E-state index contributed by atoms with van der Waals surface area (Å²) in [7, 11) is 1.48. The molecule has 2 rings (SSSR count). The van der Waals surface area contributed by atoms with Gasteiger partial charge in [-0.3, -0.25) is 9.78 Å². The van der Waals surface area contributed by atoms with E-state index >= 15 is 0 Å². The Morgan fingerprint density at radius 1 is 1.39 bits per heavy atom. The molecule has 2 heterocycles. The molecule has 23 heavy (non-hydrogen) atoms. The van der Waals surface area contributed by atoms with Crippen molar-refractivity contribution in [2.75, 3.05) is 0 Å². The third kappa shape index (κ3) is 3.33. The van der Waals surface area contributed by atoms with Gasteiger partial charge in [-0.05, 0) is 18.2 Å². The van der Waals surface area contributed by atoms with Crippen molar-refractivity contribution < 1.29 is 18.0 Å². The van der Waals surface area contributed by atoms with E-state index in [0.717, 1.165) is 12.1 Å². The molecule has 0 N–H and O–H groups in total. The van der Waals surface area contributed by atoms with Crippen LogP contribution in [0.1, 0.15) is 27.7 Å². The Labute approximate surface area is 139 Å². The third-order valence-electron chi connectivity index (χ3n) is 3.17. The maximum Gasteiger partial charge on any atom is 0.417 e. The fourth-order valence-electron chi connectivity index (χ4n) is 1.93. The first-order valence-corrected chi connectivity index (χ1v) is 6.90.